The van der Waals surface area contributed by atoms with Crippen LogP contribution in [0.2, 0.25) is 0 Å². The first-order valence-electron chi connectivity index (χ1n) is 5.66. The predicted molar refractivity (Wildman–Crippen MR) is 58.6 cm³/mol. The molecule has 1 aliphatic rings. The van der Waals surface area contributed by atoms with E-state index in [1.807, 2.05) is 6.92 Å². The molecule has 16 heavy (non-hydrogen) atoms. The fraction of sp³-hybridized carbons (Fsp3) is 0.700. The van der Waals surface area contributed by atoms with Gasteiger partial charge in [-0.25, -0.2) is 4.98 Å². The molecule has 0 radical (unpaired) electrons. The van der Waals surface area contributed by atoms with Gasteiger partial charge in [0.2, 0.25) is 5.91 Å². The average Bonchev–Trinajstić information content (AvgIpc) is 2.83. The standard InChI is InChI=1S/C10H17N5O/c1-7(9-12-6-13-15-9)14-10(16)8-4-2-3-5-11-8/h6-8,11H,2-5H2,1H3,(H,14,16)(H,12,13,15). The minimum Gasteiger partial charge on any atom is -0.345 e. The minimum absolute atomic E-state index is 0.0450. The number of H-pyrrole nitrogens is 1. The van der Waals surface area contributed by atoms with Crippen LogP contribution in [0.4, 0.5) is 0 Å². The van der Waals surface area contributed by atoms with Crippen LogP contribution >= 0.6 is 0 Å². The zero-order chi connectivity index (χ0) is 11.4. The maximum Gasteiger partial charge on any atom is 0.237 e. The number of hydrogen-bond acceptors (Lipinski definition) is 4. The van der Waals surface area contributed by atoms with Gasteiger partial charge in [0.25, 0.3) is 0 Å². The third kappa shape index (κ3) is 2.57. The topological polar surface area (TPSA) is 82.7 Å². The number of nitrogens with zero attached hydrogens (tertiary/aromatic N) is 2. The molecule has 1 aromatic rings. The highest BCUT2D eigenvalue weighted by Crippen LogP contribution is 2.09. The van der Waals surface area contributed by atoms with Crippen LogP contribution < -0.4 is 10.6 Å². The highest BCUT2D eigenvalue weighted by atomic mass is 16.2. The summed E-state index contributed by atoms with van der Waals surface area (Å²) in [5.41, 5.74) is 0. The van der Waals surface area contributed by atoms with Crippen molar-refractivity contribution in [2.45, 2.75) is 38.3 Å². The van der Waals surface area contributed by atoms with Crippen molar-refractivity contribution in [3.05, 3.63) is 12.2 Å². The quantitative estimate of drug-likeness (QED) is 0.680. The highest BCUT2D eigenvalue weighted by Gasteiger charge is 2.22. The van der Waals surface area contributed by atoms with E-state index >= 15 is 0 Å². The first-order valence-corrected chi connectivity index (χ1v) is 5.66. The summed E-state index contributed by atoms with van der Waals surface area (Å²) in [6.07, 6.45) is 4.62. The summed E-state index contributed by atoms with van der Waals surface area (Å²) in [7, 11) is 0. The number of piperidine rings is 1. The Bertz CT molecular complexity index is 331. The van der Waals surface area contributed by atoms with Gasteiger partial charge in [-0.1, -0.05) is 6.42 Å². The Morgan fingerprint density at radius 1 is 1.62 bits per heavy atom. The van der Waals surface area contributed by atoms with Crippen LogP contribution in [-0.4, -0.2) is 33.7 Å². The number of aromatic nitrogens is 3. The largest absolute Gasteiger partial charge is 0.345 e. The van der Waals surface area contributed by atoms with E-state index < -0.39 is 0 Å². The Labute approximate surface area is 94.2 Å². The number of hydrogen-bond donors (Lipinski definition) is 3. The Kier molecular flexibility index (Phi) is 3.51. The molecule has 1 fully saturated rings. The number of rotatable bonds is 3. The number of aromatic amines is 1. The average molecular weight is 223 g/mol. The van der Waals surface area contributed by atoms with Crippen molar-refractivity contribution < 1.29 is 4.79 Å². The SMILES string of the molecule is CC(NC(=O)C1CCCCN1)c1ncn[nH]1. The lowest BCUT2D eigenvalue weighted by atomic mass is 10.0. The first kappa shape index (κ1) is 11.1. The lowest BCUT2D eigenvalue weighted by molar-refractivity contribution is -0.124. The Balaban J connectivity index is 1.86. The Morgan fingerprint density at radius 2 is 2.50 bits per heavy atom. The third-order valence-electron chi connectivity index (χ3n) is 2.83. The second kappa shape index (κ2) is 5.07. The van der Waals surface area contributed by atoms with Gasteiger partial charge < -0.3 is 10.6 Å². The third-order valence-corrected chi connectivity index (χ3v) is 2.83. The summed E-state index contributed by atoms with van der Waals surface area (Å²) >= 11 is 0. The van der Waals surface area contributed by atoms with E-state index in [4.69, 9.17) is 0 Å². The Morgan fingerprint density at radius 3 is 3.12 bits per heavy atom. The van der Waals surface area contributed by atoms with Crippen LogP contribution in [-0.2, 0) is 4.79 Å². The van der Waals surface area contributed by atoms with E-state index in [-0.39, 0.29) is 18.0 Å². The van der Waals surface area contributed by atoms with Gasteiger partial charge in [-0.3, -0.25) is 9.89 Å². The van der Waals surface area contributed by atoms with Crippen LogP contribution in [0.5, 0.6) is 0 Å². The van der Waals surface area contributed by atoms with E-state index in [9.17, 15) is 4.79 Å². The van der Waals surface area contributed by atoms with Gasteiger partial charge in [-0.2, -0.15) is 5.10 Å². The summed E-state index contributed by atoms with van der Waals surface area (Å²) in [6.45, 7) is 2.82. The van der Waals surface area contributed by atoms with E-state index in [1.165, 1.54) is 6.33 Å². The van der Waals surface area contributed by atoms with Gasteiger partial charge in [0.1, 0.15) is 12.2 Å². The van der Waals surface area contributed by atoms with Crippen molar-refractivity contribution in [2.24, 2.45) is 0 Å². The van der Waals surface area contributed by atoms with Gasteiger partial charge >= 0.3 is 0 Å². The van der Waals surface area contributed by atoms with Crippen molar-refractivity contribution in [1.29, 1.82) is 0 Å². The fourth-order valence-electron chi connectivity index (χ4n) is 1.88. The molecular weight excluding hydrogens is 206 g/mol. The van der Waals surface area contributed by atoms with Crippen LogP contribution in [0, 0.1) is 0 Å². The second-order valence-corrected chi connectivity index (χ2v) is 4.10. The molecule has 0 aliphatic carbocycles. The fourth-order valence-corrected chi connectivity index (χ4v) is 1.88. The molecule has 2 unspecified atom stereocenters. The summed E-state index contributed by atoms with van der Waals surface area (Å²) in [6, 6.07) is -0.183. The smallest absolute Gasteiger partial charge is 0.237 e. The summed E-state index contributed by atoms with van der Waals surface area (Å²) in [4.78, 5) is 15.9. The monoisotopic (exact) mass is 223 g/mol. The van der Waals surface area contributed by atoms with E-state index in [0.29, 0.717) is 5.82 Å². The molecule has 1 amide bonds. The molecule has 6 nitrogen and oxygen atoms in total. The van der Waals surface area contributed by atoms with Gasteiger partial charge in [0, 0.05) is 0 Å². The van der Waals surface area contributed by atoms with Gasteiger partial charge in [-0.15, -0.1) is 0 Å². The minimum atomic E-state index is -0.126. The molecule has 6 heteroatoms. The molecule has 1 aliphatic heterocycles. The zero-order valence-corrected chi connectivity index (χ0v) is 9.36. The van der Waals surface area contributed by atoms with Crippen molar-refractivity contribution >= 4 is 5.91 Å². The summed E-state index contributed by atoms with van der Waals surface area (Å²) < 4.78 is 0. The molecule has 0 saturated carbocycles. The van der Waals surface area contributed by atoms with Crippen LogP contribution in [0.25, 0.3) is 0 Å². The van der Waals surface area contributed by atoms with E-state index in [1.54, 1.807) is 0 Å². The summed E-state index contributed by atoms with van der Waals surface area (Å²) in [5, 5.41) is 12.6. The number of carbonyl (C=O) groups excluding carboxylic acids is 1. The van der Waals surface area contributed by atoms with Crippen molar-refractivity contribution in [1.82, 2.24) is 25.8 Å². The molecular formula is C10H17N5O. The van der Waals surface area contributed by atoms with Gasteiger partial charge in [-0.05, 0) is 26.3 Å². The predicted octanol–water partition coefficient (Wildman–Crippen LogP) is 0.124. The molecule has 88 valence electrons. The molecule has 0 spiro atoms. The van der Waals surface area contributed by atoms with Crippen LogP contribution in [0.1, 0.15) is 38.1 Å². The number of amides is 1. The molecule has 2 rings (SSSR count). The highest BCUT2D eigenvalue weighted by molar-refractivity contribution is 5.82. The summed E-state index contributed by atoms with van der Waals surface area (Å²) in [5.74, 6) is 0.729. The van der Waals surface area contributed by atoms with Gasteiger partial charge in [0.05, 0.1) is 12.1 Å². The van der Waals surface area contributed by atoms with E-state index in [0.717, 1.165) is 25.8 Å². The van der Waals surface area contributed by atoms with Crippen molar-refractivity contribution in [2.75, 3.05) is 6.54 Å². The molecule has 0 bridgehead atoms. The lowest BCUT2D eigenvalue weighted by Crippen LogP contribution is -2.47. The number of carbonyl (C=O) groups is 1. The molecule has 0 aromatic carbocycles. The zero-order valence-electron chi connectivity index (χ0n) is 9.36. The van der Waals surface area contributed by atoms with Crippen LogP contribution in [0.15, 0.2) is 6.33 Å². The van der Waals surface area contributed by atoms with Gasteiger partial charge in [0.15, 0.2) is 0 Å². The Hall–Kier alpha value is -1.43. The normalized spacial score (nSPS) is 22.7. The molecule has 3 N–H and O–H groups in total. The maximum atomic E-state index is 11.9. The molecule has 1 saturated heterocycles. The molecule has 2 atom stereocenters. The molecule has 1 aromatic heterocycles. The van der Waals surface area contributed by atoms with Crippen molar-refractivity contribution in [3.8, 4) is 0 Å². The van der Waals surface area contributed by atoms with Crippen LogP contribution in [0.3, 0.4) is 0 Å². The first-order chi connectivity index (χ1) is 7.77. The van der Waals surface area contributed by atoms with E-state index in [2.05, 4.69) is 25.8 Å². The van der Waals surface area contributed by atoms with Crippen molar-refractivity contribution in [3.63, 3.8) is 0 Å². The second-order valence-electron chi connectivity index (χ2n) is 4.10. The maximum absolute atomic E-state index is 11.9. The lowest BCUT2D eigenvalue weighted by Gasteiger charge is -2.23. The number of nitrogens with one attached hydrogen (secondary N) is 3. The molecule has 2 heterocycles.